The van der Waals surface area contributed by atoms with Crippen molar-refractivity contribution in [2.75, 3.05) is 10.8 Å². The van der Waals surface area contributed by atoms with Gasteiger partial charge in [0.05, 0.1) is 10.6 Å². The predicted octanol–water partition coefficient (Wildman–Crippen LogP) is 7.20. The number of benzene rings is 4. The SMILES string of the molecule is Cc1ccc(S(=O)(=O)N(CC(=O)N(Cc2cccc(Cl)c2)[C@@H](Cc2ccccc2)C(=O)NC2CCCC2)c2ccc(Cl)cc2)cc1. The summed E-state index contributed by atoms with van der Waals surface area (Å²) in [5.74, 6) is -0.807. The van der Waals surface area contributed by atoms with E-state index in [0.717, 1.165) is 41.1 Å². The van der Waals surface area contributed by atoms with E-state index in [2.05, 4.69) is 5.32 Å². The van der Waals surface area contributed by atoms with Gasteiger partial charge in [0.2, 0.25) is 11.8 Å². The maximum absolute atomic E-state index is 14.6. The van der Waals surface area contributed by atoms with Gasteiger partial charge in [-0.05, 0) is 79.4 Å². The van der Waals surface area contributed by atoms with Crippen molar-refractivity contribution in [1.29, 1.82) is 0 Å². The van der Waals surface area contributed by atoms with E-state index in [-0.39, 0.29) is 35.5 Å². The number of amides is 2. The van der Waals surface area contributed by atoms with E-state index in [1.54, 1.807) is 54.6 Å². The number of sulfonamides is 1. The van der Waals surface area contributed by atoms with E-state index in [1.807, 2.05) is 43.3 Å². The van der Waals surface area contributed by atoms with Gasteiger partial charge in [0.1, 0.15) is 12.6 Å². The highest BCUT2D eigenvalue weighted by molar-refractivity contribution is 7.92. The highest BCUT2D eigenvalue weighted by Crippen LogP contribution is 2.27. The number of halogens is 2. The van der Waals surface area contributed by atoms with Crippen LogP contribution in [-0.2, 0) is 32.6 Å². The molecule has 0 heterocycles. The molecule has 0 spiro atoms. The molecule has 0 aliphatic heterocycles. The summed E-state index contributed by atoms with van der Waals surface area (Å²) in [6.07, 6.45) is 4.08. The van der Waals surface area contributed by atoms with E-state index in [9.17, 15) is 18.0 Å². The molecule has 1 saturated carbocycles. The number of aryl methyl sites for hydroxylation is 1. The summed E-state index contributed by atoms with van der Waals surface area (Å²) in [6.45, 7) is 1.38. The number of carbonyl (C=O) groups is 2. The Morgan fingerprint density at radius 2 is 1.48 bits per heavy atom. The Morgan fingerprint density at radius 1 is 0.826 bits per heavy atom. The molecule has 7 nitrogen and oxygen atoms in total. The lowest BCUT2D eigenvalue weighted by Crippen LogP contribution is -2.54. The van der Waals surface area contributed by atoms with Crippen molar-refractivity contribution < 1.29 is 18.0 Å². The molecule has 2 amide bonds. The van der Waals surface area contributed by atoms with Gasteiger partial charge in [0, 0.05) is 29.1 Å². The number of nitrogens with one attached hydrogen (secondary N) is 1. The minimum absolute atomic E-state index is 0.0291. The van der Waals surface area contributed by atoms with Crippen molar-refractivity contribution in [3.05, 3.63) is 130 Å². The highest BCUT2D eigenvalue weighted by Gasteiger charge is 2.35. The first kappa shape index (κ1) is 33.5. The van der Waals surface area contributed by atoms with Crippen molar-refractivity contribution in [2.24, 2.45) is 0 Å². The van der Waals surface area contributed by atoms with Gasteiger partial charge < -0.3 is 10.2 Å². The molecule has 0 radical (unpaired) electrons. The summed E-state index contributed by atoms with van der Waals surface area (Å²) < 4.78 is 29.4. The molecule has 4 aromatic rings. The average molecular weight is 679 g/mol. The van der Waals surface area contributed by atoms with Gasteiger partial charge in [-0.25, -0.2) is 8.42 Å². The Bertz CT molecular complexity index is 1740. The molecule has 0 saturated heterocycles. The fourth-order valence-electron chi connectivity index (χ4n) is 5.73. The molecular formula is C36H37Cl2N3O4S. The van der Waals surface area contributed by atoms with Crippen LogP contribution in [0.1, 0.15) is 42.4 Å². The summed E-state index contributed by atoms with van der Waals surface area (Å²) in [6, 6.07) is 28.5. The summed E-state index contributed by atoms with van der Waals surface area (Å²) in [7, 11) is -4.19. The van der Waals surface area contributed by atoms with Crippen molar-refractivity contribution in [3.8, 4) is 0 Å². The molecular weight excluding hydrogens is 641 g/mol. The van der Waals surface area contributed by atoms with E-state index in [0.29, 0.717) is 15.6 Å². The highest BCUT2D eigenvalue weighted by atomic mass is 35.5. The molecule has 1 N–H and O–H groups in total. The fraction of sp³-hybridized carbons (Fsp3) is 0.278. The number of carbonyl (C=O) groups excluding carboxylic acids is 2. The first-order valence-corrected chi connectivity index (χ1v) is 17.5. The van der Waals surface area contributed by atoms with Crippen LogP contribution in [0, 0.1) is 6.92 Å². The van der Waals surface area contributed by atoms with Crippen LogP contribution in [-0.4, -0.2) is 43.8 Å². The Kier molecular flexibility index (Phi) is 11.0. The van der Waals surface area contributed by atoms with E-state index < -0.39 is 28.5 Å². The van der Waals surface area contributed by atoms with Gasteiger partial charge in [-0.15, -0.1) is 0 Å². The molecule has 4 aromatic carbocycles. The molecule has 240 valence electrons. The van der Waals surface area contributed by atoms with Crippen LogP contribution < -0.4 is 9.62 Å². The maximum atomic E-state index is 14.6. The zero-order valence-electron chi connectivity index (χ0n) is 25.6. The van der Waals surface area contributed by atoms with Crippen LogP contribution >= 0.6 is 23.2 Å². The normalized spacial score (nSPS) is 14.1. The third-order valence-corrected chi connectivity index (χ3v) is 10.5. The minimum Gasteiger partial charge on any atom is -0.352 e. The Labute approximate surface area is 281 Å². The summed E-state index contributed by atoms with van der Waals surface area (Å²) >= 11 is 12.5. The van der Waals surface area contributed by atoms with Crippen LogP contribution in [0.15, 0.2) is 108 Å². The largest absolute Gasteiger partial charge is 0.352 e. The number of anilines is 1. The molecule has 1 atom stereocenters. The zero-order valence-corrected chi connectivity index (χ0v) is 27.9. The molecule has 46 heavy (non-hydrogen) atoms. The van der Waals surface area contributed by atoms with Crippen LogP contribution in [0.25, 0.3) is 0 Å². The van der Waals surface area contributed by atoms with Crippen molar-refractivity contribution >= 4 is 50.7 Å². The number of nitrogens with zero attached hydrogens (tertiary/aromatic N) is 2. The lowest BCUT2D eigenvalue weighted by atomic mass is 10.0. The van der Waals surface area contributed by atoms with Crippen molar-refractivity contribution in [1.82, 2.24) is 10.2 Å². The maximum Gasteiger partial charge on any atom is 0.264 e. The summed E-state index contributed by atoms with van der Waals surface area (Å²) in [5.41, 5.74) is 2.76. The van der Waals surface area contributed by atoms with Crippen LogP contribution in [0.3, 0.4) is 0 Å². The van der Waals surface area contributed by atoms with Gasteiger partial charge in [0.25, 0.3) is 10.0 Å². The summed E-state index contributed by atoms with van der Waals surface area (Å²) in [5, 5.41) is 4.10. The zero-order chi connectivity index (χ0) is 32.7. The Hall–Kier alpha value is -3.85. The first-order valence-electron chi connectivity index (χ1n) is 15.3. The van der Waals surface area contributed by atoms with Crippen molar-refractivity contribution in [2.45, 2.75) is 62.6 Å². The monoisotopic (exact) mass is 677 g/mol. The molecule has 5 rings (SSSR count). The molecule has 0 bridgehead atoms. The van der Waals surface area contributed by atoms with Gasteiger partial charge in [-0.3, -0.25) is 13.9 Å². The Balaban J connectivity index is 1.56. The van der Waals surface area contributed by atoms with Crippen LogP contribution in [0.5, 0.6) is 0 Å². The second-order valence-electron chi connectivity index (χ2n) is 11.6. The van der Waals surface area contributed by atoms with E-state index in [1.165, 1.54) is 17.0 Å². The molecule has 1 fully saturated rings. The van der Waals surface area contributed by atoms with Gasteiger partial charge in [-0.1, -0.05) is 96.2 Å². The smallest absolute Gasteiger partial charge is 0.264 e. The topological polar surface area (TPSA) is 86.8 Å². The number of hydrogen-bond acceptors (Lipinski definition) is 4. The number of rotatable bonds is 12. The molecule has 10 heteroatoms. The quantitative estimate of drug-likeness (QED) is 0.172. The third kappa shape index (κ3) is 8.49. The number of hydrogen-bond donors (Lipinski definition) is 1. The van der Waals surface area contributed by atoms with Gasteiger partial charge in [0.15, 0.2) is 0 Å². The average Bonchev–Trinajstić information content (AvgIpc) is 3.55. The molecule has 0 unspecified atom stereocenters. The van der Waals surface area contributed by atoms with Gasteiger partial charge >= 0.3 is 0 Å². The molecule has 0 aromatic heterocycles. The second-order valence-corrected chi connectivity index (χ2v) is 14.4. The standard InChI is InChI=1S/C36H37Cl2N3O4S/c1-26-14-20-33(21-15-26)46(44,45)41(32-18-16-29(37)17-19-32)25-35(42)40(24-28-10-7-11-30(38)22-28)34(23-27-8-3-2-4-9-27)36(43)39-31-12-5-6-13-31/h2-4,7-11,14-22,31,34H,5-6,12-13,23-25H2,1H3,(H,39,43)/t34-/m0/s1. The lowest BCUT2D eigenvalue weighted by Gasteiger charge is -2.34. The summed E-state index contributed by atoms with van der Waals surface area (Å²) in [4.78, 5) is 30.2. The molecule has 1 aliphatic rings. The lowest BCUT2D eigenvalue weighted by molar-refractivity contribution is -0.140. The Morgan fingerprint density at radius 3 is 2.13 bits per heavy atom. The van der Waals surface area contributed by atoms with Crippen LogP contribution in [0.4, 0.5) is 5.69 Å². The molecule has 1 aliphatic carbocycles. The first-order chi connectivity index (χ1) is 22.1. The van der Waals surface area contributed by atoms with Crippen molar-refractivity contribution in [3.63, 3.8) is 0 Å². The van der Waals surface area contributed by atoms with Crippen LogP contribution in [0.2, 0.25) is 10.0 Å². The van der Waals surface area contributed by atoms with Gasteiger partial charge in [-0.2, -0.15) is 0 Å². The van der Waals surface area contributed by atoms with E-state index >= 15 is 0 Å². The third-order valence-electron chi connectivity index (χ3n) is 8.22. The predicted molar refractivity (Wildman–Crippen MR) is 183 cm³/mol. The minimum atomic E-state index is -4.19. The second kappa shape index (κ2) is 15.2. The van der Waals surface area contributed by atoms with E-state index in [4.69, 9.17) is 23.2 Å². The fourth-order valence-corrected chi connectivity index (χ4v) is 7.48.